The summed E-state index contributed by atoms with van der Waals surface area (Å²) in [6, 6.07) is 15.7. The number of fused-ring (bicyclic) bond motifs is 1. The second-order valence-electron chi connectivity index (χ2n) is 6.57. The van der Waals surface area contributed by atoms with Crippen molar-refractivity contribution in [2.45, 2.75) is 19.4 Å². The van der Waals surface area contributed by atoms with E-state index >= 15 is 0 Å². The van der Waals surface area contributed by atoms with Crippen LogP contribution in [0.25, 0.3) is 33.2 Å². The minimum absolute atomic E-state index is 0.147. The van der Waals surface area contributed by atoms with Crippen LogP contribution in [0.2, 0.25) is 0 Å². The molecule has 6 nitrogen and oxygen atoms in total. The fourth-order valence-corrected chi connectivity index (χ4v) is 3.74. The molecule has 0 spiro atoms. The van der Waals surface area contributed by atoms with E-state index in [9.17, 15) is 4.79 Å². The molecule has 0 bridgehead atoms. The maximum absolute atomic E-state index is 11.8. The first-order chi connectivity index (χ1) is 13.3. The minimum Gasteiger partial charge on any atom is -0.351 e. The molecule has 0 atom stereocenters. The molecular weight excluding hydrogens is 360 g/mol. The summed E-state index contributed by atoms with van der Waals surface area (Å²) >= 11 is 1.55. The molecule has 27 heavy (non-hydrogen) atoms. The van der Waals surface area contributed by atoms with Gasteiger partial charge in [-0.3, -0.25) is 4.79 Å². The number of rotatable bonds is 5. The van der Waals surface area contributed by atoms with Gasteiger partial charge < -0.3 is 9.84 Å². The lowest BCUT2D eigenvalue weighted by atomic mass is 10.2. The van der Waals surface area contributed by atoms with Crippen LogP contribution in [0.4, 0.5) is 0 Å². The van der Waals surface area contributed by atoms with Crippen LogP contribution < -0.4 is 5.32 Å². The zero-order valence-corrected chi connectivity index (χ0v) is 15.2. The van der Waals surface area contributed by atoms with Gasteiger partial charge in [0.15, 0.2) is 0 Å². The number of hydrogen-bond donors (Lipinski definition) is 1. The number of carbonyl (C=O) groups is 1. The second kappa shape index (κ2) is 6.59. The van der Waals surface area contributed by atoms with E-state index in [2.05, 4.69) is 20.4 Å². The lowest BCUT2D eigenvalue weighted by Gasteiger charge is -2.00. The normalized spacial score (nSPS) is 13.8. The number of thiophene rings is 1. The highest BCUT2D eigenvalue weighted by Crippen LogP contribution is 2.30. The molecular formula is C20H16N4O2S. The molecule has 0 unspecified atom stereocenters. The van der Waals surface area contributed by atoms with Crippen molar-refractivity contribution >= 4 is 28.1 Å². The molecule has 1 aliphatic rings. The van der Waals surface area contributed by atoms with E-state index < -0.39 is 0 Å². The second-order valence-corrected chi connectivity index (χ2v) is 7.74. The lowest BCUT2D eigenvalue weighted by Crippen LogP contribution is -2.23. The Morgan fingerprint density at radius 1 is 1.11 bits per heavy atom. The summed E-state index contributed by atoms with van der Waals surface area (Å²) in [5, 5.41) is 8.12. The lowest BCUT2D eigenvalue weighted by molar-refractivity contribution is -0.122. The first-order valence-corrected chi connectivity index (χ1v) is 9.64. The molecule has 0 aliphatic heterocycles. The van der Waals surface area contributed by atoms with Crippen molar-refractivity contribution in [2.24, 2.45) is 5.92 Å². The van der Waals surface area contributed by atoms with Gasteiger partial charge in [-0.2, -0.15) is 4.98 Å². The van der Waals surface area contributed by atoms with Crippen LogP contribution in [-0.4, -0.2) is 21.0 Å². The molecule has 7 heteroatoms. The quantitative estimate of drug-likeness (QED) is 0.568. The SMILES string of the molecule is O=C(NCc1ccc(-c2noc(-c3ccc4ccccc4n3)n2)s1)C1CC1. The standard InChI is InChI=1S/C20H16N4O2S/c25-19(13-5-6-13)21-11-14-8-10-17(27-14)18-23-20(26-24-18)16-9-7-12-3-1-2-4-15(12)22-16/h1-4,7-10,13H,5-6,11H2,(H,21,25). The van der Waals surface area contributed by atoms with Gasteiger partial charge in [0.1, 0.15) is 5.69 Å². The monoisotopic (exact) mass is 376 g/mol. The molecule has 1 N–H and O–H groups in total. The maximum Gasteiger partial charge on any atom is 0.276 e. The van der Waals surface area contributed by atoms with Gasteiger partial charge in [0.25, 0.3) is 5.89 Å². The fraction of sp³-hybridized carbons (Fsp3) is 0.200. The average Bonchev–Trinajstić information content (AvgIpc) is 3.25. The Morgan fingerprint density at radius 3 is 2.89 bits per heavy atom. The van der Waals surface area contributed by atoms with Crippen molar-refractivity contribution in [3.63, 3.8) is 0 Å². The predicted molar refractivity (Wildman–Crippen MR) is 103 cm³/mol. The molecule has 5 rings (SSSR count). The van der Waals surface area contributed by atoms with Crippen LogP contribution >= 0.6 is 11.3 Å². The number of amides is 1. The third kappa shape index (κ3) is 3.33. The van der Waals surface area contributed by atoms with Crippen molar-refractivity contribution in [1.82, 2.24) is 20.4 Å². The van der Waals surface area contributed by atoms with Gasteiger partial charge in [-0.15, -0.1) is 11.3 Å². The summed E-state index contributed by atoms with van der Waals surface area (Å²) in [4.78, 5) is 22.8. The van der Waals surface area contributed by atoms with Crippen molar-refractivity contribution in [2.75, 3.05) is 0 Å². The Bertz CT molecular complexity index is 1130. The van der Waals surface area contributed by atoms with Gasteiger partial charge >= 0.3 is 0 Å². The topological polar surface area (TPSA) is 80.9 Å². The van der Waals surface area contributed by atoms with E-state index in [0.29, 0.717) is 24.0 Å². The molecule has 0 radical (unpaired) electrons. The fourth-order valence-electron chi connectivity index (χ4n) is 2.87. The third-order valence-electron chi connectivity index (χ3n) is 4.51. The number of aromatic nitrogens is 3. The molecule has 1 aromatic carbocycles. The molecule has 1 fully saturated rings. The van der Waals surface area contributed by atoms with E-state index in [1.807, 2.05) is 48.5 Å². The van der Waals surface area contributed by atoms with Crippen LogP contribution in [0.1, 0.15) is 17.7 Å². The van der Waals surface area contributed by atoms with Crippen LogP contribution in [-0.2, 0) is 11.3 Å². The molecule has 1 saturated carbocycles. The Balaban J connectivity index is 1.34. The molecule has 134 valence electrons. The van der Waals surface area contributed by atoms with Crippen molar-refractivity contribution in [3.05, 3.63) is 53.4 Å². The number of pyridine rings is 1. The Labute approximate surface area is 159 Å². The van der Waals surface area contributed by atoms with Gasteiger partial charge in [0.2, 0.25) is 11.7 Å². The maximum atomic E-state index is 11.8. The molecule has 4 aromatic rings. The van der Waals surface area contributed by atoms with Crippen molar-refractivity contribution in [3.8, 4) is 22.3 Å². The molecule has 3 heterocycles. The van der Waals surface area contributed by atoms with Crippen LogP contribution in [0.3, 0.4) is 0 Å². The van der Waals surface area contributed by atoms with Gasteiger partial charge in [-0.1, -0.05) is 29.4 Å². The number of nitrogens with zero attached hydrogens (tertiary/aromatic N) is 3. The third-order valence-corrected chi connectivity index (χ3v) is 5.59. The largest absolute Gasteiger partial charge is 0.351 e. The summed E-state index contributed by atoms with van der Waals surface area (Å²) < 4.78 is 5.41. The summed E-state index contributed by atoms with van der Waals surface area (Å²) in [7, 11) is 0. The molecule has 3 aromatic heterocycles. The molecule has 1 amide bonds. The van der Waals surface area contributed by atoms with Gasteiger partial charge in [-0.25, -0.2) is 4.98 Å². The van der Waals surface area contributed by atoms with Crippen LogP contribution in [0.5, 0.6) is 0 Å². The summed E-state index contributed by atoms with van der Waals surface area (Å²) in [6.45, 7) is 0.539. The Morgan fingerprint density at radius 2 is 2.00 bits per heavy atom. The number of hydrogen-bond acceptors (Lipinski definition) is 6. The smallest absolute Gasteiger partial charge is 0.276 e. The van der Waals surface area contributed by atoms with E-state index in [1.165, 1.54) is 0 Å². The predicted octanol–water partition coefficient (Wildman–Crippen LogP) is 4.04. The van der Waals surface area contributed by atoms with Crippen molar-refractivity contribution in [1.29, 1.82) is 0 Å². The van der Waals surface area contributed by atoms with E-state index in [-0.39, 0.29) is 11.8 Å². The number of benzene rings is 1. The Hall–Kier alpha value is -3.06. The highest BCUT2D eigenvalue weighted by atomic mass is 32.1. The van der Waals surface area contributed by atoms with Gasteiger partial charge in [0, 0.05) is 16.2 Å². The van der Waals surface area contributed by atoms with E-state index in [4.69, 9.17) is 4.52 Å². The van der Waals surface area contributed by atoms with Gasteiger partial charge in [0.05, 0.1) is 16.9 Å². The molecule has 0 saturated heterocycles. The summed E-state index contributed by atoms with van der Waals surface area (Å²) in [5.74, 6) is 1.30. The zero-order chi connectivity index (χ0) is 18.2. The van der Waals surface area contributed by atoms with E-state index in [0.717, 1.165) is 33.5 Å². The van der Waals surface area contributed by atoms with Crippen molar-refractivity contribution < 1.29 is 9.32 Å². The molecule has 1 aliphatic carbocycles. The average molecular weight is 376 g/mol. The number of para-hydroxylation sites is 1. The number of nitrogens with one attached hydrogen (secondary N) is 1. The van der Waals surface area contributed by atoms with Gasteiger partial charge in [-0.05, 0) is 37.1 Å². The summed E-state index contributed by atoms with van der Waals surface area (Å²) in [5.41, 5.74) is 1.54. The highest BCUT2D eigenvalue weighted by Gasteiger charge is 2.29. The number of carbonyl (C=O) groups excluding carboxylic acids is 1. The first-order valence-electron chi connectivity index (χ1n) is 8.83. The van der Waals surface area contributed by atoms with E-state index in [1.54, 1.807) is 11.3 Å². The Kier molecular flexibility index (Phi) is 3.94. The zero-order valence-electron chi connectivity index (χ0n) is 14.4. The summed E-state index contributed by atoms with van der Waals surface area (Å²) in [6.07, 6.45) is 2.02. The highest BCUT2D eigenvalue weighted by molar-refractivity contribution is 7.15. The minimum atomic E-state index is 0.147. The first kappa shape index (κ1) is 16.1. The van der Waals surface area contributed by atoms with Crippen LogP contribution in [0.15, 0.2) is 53.1 Å². The van der Waals surface area contributed by atoms with Crippen LogP contribution in [0, 0.1) is 5.92 Å².